The minimum absolute atomic E-state index is 0.130. The van der Waals surface area contributed by atoms with Crippen LogP contribution in [0.5, 0.6) is 0 Å². The largest absolute Gasteiger partial charge is 0.374 e. The van der Waals surface area contributed by atoms with Crippen molar-refractivity contribution in [2.24, 2.45) is 0 Å². The molecule has 110 valence electrons. The summed E-state index contributed by atoms with van der Waals surface area (Å²) < 4.78 is 7.89. The zero-order valence-corrected chi connectivity index (χ0v) is 12.9. The van der Waals surface area contributed by atoms with Crippen molar-refractivity contribution in [3.8, 4) is 0 Å². The second kappa shape index (κ2) is 7.60. The predicted molar refractivity (Wildman–Crippen MR) is 77.1 cm³/mol. The first-order valence-electron chi connectivity index (χ1n) is 7.23. The van der Waals surface area contributed by atoms with Gasteiger partial charge in [-0.05, 0) is 40.2 Å². The van der Waals surface area contributed by atoms with Crippen molar-refractivity contribution in [1.29, 1.82) is 0 Å². The molecular formula is C14H28N4O. The quantitative estimate of drug-likeness (QED) is 0.787. The third kappa shape index (κ3) is 5.70. The van der Waals surface area contributed by atoms with Crippen molar-refractivity contribution in [2.45, 2.75) is 65.6 Å². The molecule has 19 heavy (non-hydrogen) atoms. The van der Waals surface area contributed by atoms with Crippen LogP contribution in [0.15, 0.2) is 6.20 Å². The Morgan fingerprint density at radius 2 is 2.05 bits per heavy atom. The Balaban J connectivity index is 2.74. The SMILES string of the molecule is CCCNC(COC(C)(C)C)c1cnnn1CCC. The third-order valence-electron chi connectivity index (χ3n) is 2.76. The van der Waals surface area contributed by atoms with Crippen molar-refractivity contribution in [3.05, 3.63) is 11.9 Å². The summed E-state index contributed by atoms with van der Waals surface area (Å²) in [7, 11) is 0. The molecule has 0 aliphatic rings. The molecule has 1 heterocycles. The molecule has 0 radical (unpaired) electrons. The molecule has 0 bridgehead atoms. The molecule has 1 N–H and O–H groups in total. The average Bonchev–Trinajstić information content (AvgIpc) is 2.77. The Kier molecular flexibility index (Phi) is 6.45. The van der Waals surface area contributed by atoms with Crippen LogP contribution in [0.3, 0.4) is 0 Å². The molecule has 5 heteroatoms. The lowest BCUT2D eigenvalue weighted by Crippen LogP contribution is -2.32. The fraction of sp³-hybridized carbons (Fsp3) is 0.857. The van der Waals surface area contributed by atoms with E-state index in [1.54, 1.807) is 0 Å². The summed E-state index contributed by atoms with van der Waals surface area (Å²) in [6.07, 6.45) is 3.99. The molecule has 1 rings (SSSR count). The van der Waals surface area contributed by atoms with E-state index < -0.39 is 0 Å². The Labute approximate surface area is 116 Å². The van der Waals surface area contributed by atoms with Crippen LogP contribution in [-0.2, 0) is 11.3 Å². The highest BCUT2D eigenvalue weighted by Gasteiger charge is 2.20. The molecule has 5 nitrogen and oxygen atoms in total. The number of nitrogens with one attached hydrogen (secondary N) is 1. The fourth-order valence-corrected chi connectivity index (χ4v) is 1.82. The average molecular weight is 268 g/mol. The number of nitrogens with zero attached hydrogens (tertiary/aromatic N) is 3. The van der Waals surface area contributed by atoms with Gasteiger partial charge in [-0.1, -0.05) is 19.1 Å². The highest BCUT2D eigenvalue weighted by atomic mass is 16.5. The molecule has 0 saturated carbocycles. The van der Waals surface area contributed by atoms with E-state index in [2.05, 4.69) is 50.2 Å². The van der Waals surface area contributed by atoms with Crippen molar-refractivity contribution in [2.75, 3.05) is 13.2 Å². The van der Waals surface area contributed by atoms with E-state index in [4.69, 9.17) is 4.74 Å². The number of hydrogen-bond acceptors (Lipinski definition) is 4. The maximum atomic E-state index is 5.91. The first kappa shape index (κ1) is 16.1. The number of ether oxygens (including phenoxy) is 1. The highest BCUT2D eigenvalue weighted by molar-refractivity contribution is 5.02. The van der Waals surface area contributed by atoms with Crippen molar-refractivity contribution in [3.63, 3.8) is 0 Å². The van der Waals surface area contributed by atoms with Crippen LogP contribution in [0, 0.1) is 0 Å². The summed E-state index contributed by atoms with van der Waals surface area (Å²) in [6.45, 7) is 13.0. The van der Waals surface area contributed by atoms with Gasteiger partial charge in [-0.15, -0.1) is 5.10 Å². The topological polar surface area (TPSA) is 52.0 Å². The molecule has 0 saturated heterocycles. The van der Waals surface area contributed by atoms with Crippen LogP contribution in [0.1, 0.15) is 59.2 Å². The molecule has 1 aromatic heterocycles. The lowest BCUT2D eigenvalue weighted by atomic mass is 10.1. The maximum absolute atomic E-state index is 5.91. The van der Waals surface area contributed by atoms with Gasteiger partial charge in [0.1, 0.15) is 0 Å². The van der Waals surface area contributed by atoms with E-state index in [-0.39, 0.29) is 11.6 Å². The summed E-state index contributed by atoms with van der Waals surface area (Å²) >= 11 is 0. The molecule has 0 amide bonds. The molecule has 1 atom stereocenters. The van der Waals surface area contributed by atoms with Crippen molar-refractivity contribution < 1.29 is 4.74 Å². The van der Waals surface area contributed by atoms with Crippen LogP contribution in [-0.4, -0.2) is 33.7 Å². The van der Waals surface area contributed by atoms with E-state index in [1.165, 1.54) is 0 Å². The first-order chi connectivity index (χ1) is 8.98. The van der Waals surface area contributed by atoms with Crippen molar-refractivity contribution in [1.82, 2.24) is 20.3 Å². The van der Waals surface area contributed by atoms with E-state index in [0.29, 0.717) is 6.61 Å². The molecule has 0 aromatic carbocycles. The molecular weight excluding hydrogens is 240 g/mol. The zero-order chi connectivity index (χ0) is 14.3. The van der Waals surface area contributed by atoms with Gasteiger partial charge in [0.15, 0.2) is 0 Å². The molecule has 0 spiro atoms. The third-order valence-corrected chi connectivity index (χ3v) is 2.76. The summed E-state index contributed by atoms with van der Waals surface area (Å²) in [5.74, 6) is 0. The van der Waals surface area contributed by atoms with Crippen molar-refractivity contribution >= 4 is 0 Å². The van der Waals surface area contributed by atoms with Gasteiger partial charge < -0.3 is 10.1 Å². The van der Waals surface area contributed by atoms with E-state index >= 15 is 0 Å². The predicted octanol–water partition coefficient (Wildman–Crippen LogP) is 2.54. The Morgan fingerprint density at radius 3 is 2.63 bits per heavy atom. The minimum Gasteiger partial charge on any atom is -0.374 e. The summed E-state index contributed by atoms with van der Waals surface area (Å²) in [5.41, 5.74) is 0.981. The van der Waals surface area contributed by atoms with Crippen LogP contribution in [0.25, 0.3) is 0 Å². The minimum atomic E-state index is -0.130. The van der Waals surface area contributed by atoms with Crippen LogP contribution in [0.2, 0.25) is 0 Å². The number of hydrogen-bond donors (Lipinski definition) is 1. The van der Waals surface area contributed by atoms with Gasteiger partial charge in [-0.2, -0.15) is 0 Å². The summed E-state index contributed by atoms with van der Waals surface area (Å²) in [5, 5.41) is 11.7. The Hall–Kier alpha value is -0.940. The standard InChI is InChI=1S/C14H28N4O/c1-6-8-15-12(11-19-14(3,4)5)13-10-16-17-18(13)9-7-2/h10,12,15H,6-9,11H2,1-5H3. The van der Waals surface area contributed by atoms with Crippen LogP contribution >= 0.6 is 0 Å². The monoisotopic (exact) mass is 268 g/mol. The molecule has 0 aliphatic carbocycles. The van der Waals surface area contributed by atoms with E-state index in [1.807, 2.05) is 10.9 Å². The van der Waals surface area contributed by atoms with Gasteiger partial charge >= 0.3 is 0 Å². The van der Waals surface area contributed by atoms with E-state index in [9.17, 15) is 0 Å². The lowest BCUT2D eigenvalue weighted by Gasteiger charge is -2.25. The number of aryl methyl sites for hydroxylation is 1. The van der Waals surface area contributed by atoms with Gasteiger partial charge in [-0.3, -0.25) is 0 Å². The Bertz CT molecular complexity index is 357. The van der Waals surface area contributed by atoms with E-state index in [0.717, 1.165) is 31.6 Å². The highest BCUT2D eigenvalue weighted by Crippen LogP contribution is 2.16. The number of aromatic nitrogens is 3. The van der Waals surface area contributed by atoms with Gasteiger partial charge in [0.05, 0.1) is 30.1 Å². The fourth-order valence-electron chi connectivity index (χ4n) is 1.82. The van der Waals surface area contributed by atoms with Crippen LogP contribution < -0.4 is 5.32 Å². The summed E-state index contributed by atoms with van der Waals surface area (Å²) in [4.78, 5) is 0. The molecule has 1 unspecified atom stereocenters. The van der Waals surface area contributed by atoms with Gasteiger partial charge in [0.25, 0.3) is 0 Å². The zero-order valence-electron chi connectivity index (χ0n) is 12.9. The lowest BCUT2D eigenvalue weighted by molar-refractivity contribution is -0.0158. The molecule has 0 fully saturated rings. The normalized spacial score (nSPS) is 13.7. The van der Waals surface area contributed by atoms with Gasteiger partial charge in [0, 0.05) is 6.54 Å². The molecule has 0 aliphatic heterocycles. The second-order valence-corrected chi connectivity index (χ2v) is 5.81. The van der Waals surface area contributed by atoms with Gasteiger partial charge in [0.2, 0.25) is 0 Å². The first-order valence-corrected chi connectivity index (χ1v) is 7.23. The maximum Gasteiger partial charge on any atom is 0.0780 e. The summed E-state index contributed by atoms with van der Waals surface area (Å²) in [6, 6.07) is 0.153. The second-order valence-electron chi connectivity index (χ2n) is 5.81. The smallest absolute Gasteiger partial charge is 0.0780 e. The van der Waals surface area contributed by atoms with Crippen LogP contribution in [0.4, 0.5) is 0 Å². The van der Waals surface area contributed by atoms with Gasteiger partial charge in [-0.25, -0.2) is 4.68 Å². The molecule has 1 aromatic rings. The number of rotatable bonds is 8. The Morgan fingerprint density at radius 1 is 1.32 bits per heavy atom.